The molecule has 14 aromatic carbocycles. The van der Waals surface area contributed by atoms with E-state index in [4.69, 9.17) is 0 Å². The molecule has 0 aromatic heterocycles. The molecule has 2 heteroatoms. The number of anilines is 6. The molecular weight excluding hydrogens is 917 g/mol. The third-order valence-corrected chi connectivity index (χ3v) is 15.1. The van der Waals surface area contributed by atoms with Gasteiger partial charge in [0, 0.05) is 34.1 Å². The lowest BCUT2D eigenvalue weighted by Gasteiger charge is -2.27. The predicted molar refractivity (Wildman–Crippen MR) is 325 cm³/mol. The number of rotatable bonds is 10. The molecule has 0 aliphatic carbocycles. The van der Waals surface area contributed by atoms with Gasteiger partial charge in [0.1, 0.15) is 0 Å². The second kappa shape index (κ2) is 19.1. The van der Waals surface area contributed by atoms with Crippen molar-refractivity contribution < 1.29 is 0 Å². The highest BCUT2D eigenvalue weighted by Crippen LogP contribution is 2.48. The topological polar surface area (TPSA) is 6.48 Å². The molecule has 0 heterocycles. The minimum Gasteiger partial charge on any atom is -0.310 e. The minimum atomic E-state index is 1.10. The molecule has 2 nitrogen and oxygen atoms in total. The first-order valence-corrected chi connectivity index (χ1v) is 26.2. The largest absolute Gasteiger partial charge is 0.310 e. The fourth-order valence-electron chi connectivity index (χ4n) is 11.6. The van der Waals surface area contributed by atoms with Gasteiger partial charge in [0.05, 0.1) is 0 Å². The van der Waals surface area contributed by atoms with Gasteiger partial charge in [-0.25, -0.2) is 0 Å². The zero-order valence-electron chi connectivity index (χ0n) is 41.8. The van der Waals surface area contributed by atoms with Crippen molar-refractivity contribution in [3.8, 4) is 44.5 Å². The zero-order valence-corrected chi connectivity index (χ0v) is 41.8. The zero-order chi connectivity index (χ0) is 50.4. The van der Waals surface area contributed by atoms with Crippen LogP contribution in [0.15, 0.2) is 303 Å². The summed E-state index contributed by atoms with van der Waals surface area (Å²) in [4.78, 5) is 4.80. The highest BCUT2D eigenvalue weighted by atomic mass is 15.1. The van der Waals surface area contributed by atoms with Crippen molar-refractivity contribution in [1.29, 1.82) is 0 Å². The number of para-hydroxylation sites is 2. The van der Waals surface area contributed by atoms with Crippen molar-refractivity contribution in [3.05, 3.63) is 303 Å². The number of benzene rings is 14. The molecule has 0 atom stereocenters. The van der Waals surface area contributed by atoms with E-state index in [9.17, 15) is 0 Å². The Kier molecular flexibility index (Phi) is 11.2. The van der Waals surface area contributed by atoms with Gasteiger partial charge in [-0.2, -0.15) is 0 Å². The summed E-state index contributed by atoms with van der Waals surface area (Å²) in [6.45, 7) is 0. The molecule has 0 N–H and O–H groups in total. The first-order chi connectivity index (χ1) is 37.7. The van der Waals surface area contributed by atoms with Gasteiger partial charge in [-0.1, -0.05) is 218 Å². The average Bonchev–Trinajstić information content (AvgIpc) is 3.65. The van der Waals surface area contributed by atoms with Crippen LogP contribution in [0, 0.1) is 0 Å². The monoisotopic (exact) mass is 966 g/mol. The molecule has 0 fully saturated rings. The Hall–Kier alpha value is -10.0. The third-order valence-electron chi connectivity index (χ3n) is 15.1. The Balaban J connectivity index is 0.928. The van der Waals surface area contributed by atoms with E-state index in [0.717, 1.165) is 34.1 Å². The molecular formula is C74H50N2. The Bertz CT molecular complexity index is 4170. The lowest BCUT2D eigenvalue weighted by molar-refractivity contribution is 1.29. The van der Waals surface area contributed by atoms with Gasteiger partial charge < -0.3 is 9.80 Å². The summed E-state index contributed by atoms with van der Waals surface area (Å²) in [6.07, 6.45) is 0. The Morgan fingerprint density at radius 2 is 0.408 bits per heavy atom. The van der Waals surface area contributed by atoms with Crippen molar-refractivity contribution in [2.75, 3.05) is 9.80 Å². The van der Waals surface area contributed by atoms with E-state index in [1.54, 1.807) is 0 Å². The lowest BCUT2D eigenvalue weighted by atomic mass is 9.87. The maximum Gasteiger partial charge on any atom is 0.0468 e. The van der Waals surface area contributed by atoms with Crippen molar-refractivity contribution in [3.63, 3.8) is 0 Å². The summed E-state index contributed by atoms with van der Waals surface area (Å²) in [6, 6.07) is 111. The Morgan fingerprint density at radius 1 is 0.145 bits per heavy atom. The first kappa shape index (κ1) is 44.7. The number of hydrogen-bond donors (Lipinski definition) is 0. The van der Waals surface area contributed by atoms with Crippen LogP contribution in [0.2, 0.25) is 0 Å². The molecule has 0 aliphatic rings. The summed E-state index contributed by atoms with van der Waals surface area (Å²) in [7, 11) is 0. The molecule has 76 heavy (non-hydrogen) atoms. The summed E-state index contributed by atoms with van der Waals surface area (Å²) in [5, 5.41) is 12.4. The maximum absolute atomic E-state index is 2.42. The highest BCUT2D eigenvalue weighted by Gasteiger charge is 2.21. The molecule has 0 radical (unpaired) electrons. The molecule has 0 saturated heterocycles. The van der Waals surface area contributed by atoms with E-state index in [1.165, 1.54) is 98.4 Å². The Morgan fingerprint density at radius 3 is 0.803 bits per heavy atom. The highest BCUT2D eigenvalue weighted by molar-refractivity contribution is 6.39. The van der Waals surface area contributed by atoms with E-state index in [2.05, 4.69) is 313 Å². The smallest absolute Gasteiger partial charge is 0.0468 e. The van der Waals surface area contributed by atoms with Crippen LogP contribution in [0.4, 0.5) is 34.1 Å². The van der Waals surface area contributed by atoms with Gasteiger partial charge >= 0.3 is 0 Å². The first-order valence-electron chi connectivity index (χ1n) is 26.2. The molecule has 356 valence electrons. The lowest BCUT2D eigenvalue weighted by Crippen LogP contribution is -2.10. The van der Waals surface area contributed by atoms with E-state index < -0.39 is 0 Å². The molecule has 0 spiro atoms. The van der Waals surface area contributed by atoms with Crippen LogP contribution in [0.1, 0.15) is 0 Å². The Labute approximate surface area is 443 Å². The van der Waals surface area contributed by atoms with Gasteiger partial charge in [0.2, 0.25) is 0 Å². The molecule has 0 bridgehead atoms. The summed E-state index contributed by atoms with van der Waals surface area (Å²) >= 11 is 0. The minimum absolute atomic E-state index is 1.10. The molecule has 0 saturated carbocycles. The molecule has 0 unspecified atom stereocenters. The SMILES string of the molecule is c1ccc(-c2cccc(-c3cccc(N(c4ccccc4)c4ccc5c(c4)c4ccccc4c4c6ccc(N(c7ccccc7)c7cccc(-c8cccc(-c9ccccc9)c8)c7)cc6c6ccccc6c54)c3)c2)cc1. The van der Waals surface area contributed by atoms with Crippen LogP contribution >= 0.6 is 0 Å². The number of nitrogens with zero attached hydrogens (tertiary/aromatic N) is 2. The van der Waals surface area contributed by atoms with Crippen LogP contribution in [0.5, 0.6) is 0 Å². The number of fused-ring (bicyclic) bond motifs is 11. The van der Waals surface area contributed by atoms with E-state index >= 15 is 0 Å². The molecule has 14 aromatic rings. The average molecular weight is 967 g/mol. The van der Waals surface area contributed by atoms with Crippen LogP contribution in [-0.4, -0.2) is 0 Å². The number of hydrogen-bond acceptors (Lipinski definition) is 2. The second-order valence-electron chi connectivity index (χ2n) is 19.6. The predicted octanol–water partition coefficient (Wildman–Crippen LogP) is 21.1. The molecule has 0 aliphatic heterocycles. The normalized spacial score (nSPS) is 11.4. The van der Waals surface area contributed by atoms with E-state index in [1.807, 2.05) is 0 Å². The van der Waals surface area contributed by atoms with Crippen LogP contribution < -0.4 is 9.80 Å². The fraction of sp³-hybridized carbons (Fsp3) is 0. The van der Waals surface area contributed by atoms with Gasteiger partial charge in [-0.3, -0.25) is 0 Å². The van der Waals surface area contributed by atoms with Crippen molar-refractivity contribution in [2.45, 2.75) is 0 Å². The van der Waals surface area contributed by atoms with Gasteiger partial charge in [0.25, 0.3) is 0 Å². The van der Waals surface area contributed by atoms with Crippen LogP contribution in [0.3, 0.4) is 0 Å². The van der Waals surface area contributed by atoms with Gasteiger partial charge in [-0.15, -0.1) is 0 Å². The standard InChI is InChI=1S/C74H50N2/c1-5-21-51(22-6-1)53-25-17-27-55(45-53)57-29-19-35-61(47-57)75(59-31-9-3-10-32-59)63-41-43-69-71(49-63)65-37-13-15-39-67(65)74-70-44-42-64(50-72(70)66-38-14-16-40-68(66)73(69)74)76(60-33-11-4-12-34-60)62-36-20-30-58(48-62)56-28-18-26-54(46-56)52-23-7-2-8-24-52/h1-50H. The van der Waals surface area contributed by atoms with Gasteiger partial charge in [0.15, 0.2) is 0 Å². The fourth-order valence-corrected chi connectivity index (χ4v) is 11.6. The van der Waals surface area contributed by atoms with E-state index in [-0.39, 0.29) is 0 Å². The quantitative estimate of drug-likeness (QED) is 0.126. The van der Waals surface area contributed by atoms with Crippen molar-refractivity contribution in [1.82, 2.24) is 0 Å². The summed E-state index contributed by atoms with van der Waals surface area (Å²) < 4.78 is 0. The molecule has 14 rings (SSSR count). The van der Waals surface area contributed by atoms with Crippen LogP contribution in [0.25, 0.3) is 98.4 Å². The third kappa shape index (κ3) is 8.01. The van der Waals surface area contributed by atoms with Crippen molar-refractivity contribution >= 4 is 88.0 Å². The maximum atomic E-state index is 2.42. The van der Waals surface area contributed by atoms with E-state index in [0.29, 0.717) is 0 Å². The summed E-state index contributed by atoms with van der Waals surface area (Å²) in [5.41, 5.74) is 16.1. The van der Waals surface area contributed by atoms with Gasteiger partial charge in [-0.05, 0) is 183 Å². The van der Waals surface area contributed by atoms with Crippen LogP contribution in [-0.2, 0) is 0 Å². The summed E-state index contributed by atoms with van der Waals surface area (Å²) in [5.74, 6) is 0. The molecule has 0 amide bonds. The second-order valence-corrected chi connectivity index (χ2v) is 19.6. The van der Waals surface area contributed by atoms with Crippen molar-refractivity contribution in [2.24, 2.45) is 0 Å².